The highest BCUT2D eigenvalue weighted by Gasteiger charge is 2.28. The van der Waals surface area contributed by atoms with Crippen molar-refractivity contribution >= 4 is 5.91 Å². The van der Waals surface area contributed by atoms with Crippen molar-refractivity contribution in [2.75, 3.05) is 26.7 Å². The Morgan fingerprint density at radius 1 is 1.47 bits per heavy atom. The highest BCUT2D eigenvalue weighted by Crippen LogP contribution is 2.26. The van der Waals surface area contributed by atoms with Crippen molar-refractivity contribution in [2.24, 2.45) is 11.7 Å². The summed E-state index contributed by atoms with van der Waals surface area (Å²) >= 11 is 0. The number of hydrogen-bond acceptors (Lipinski definition) is 4. The van der Waals surface area contributed by atoms with Gasteiger partial charge in [0.15, 0.2) is 0 Å². The van der Waals surface area contributed by atoms with Gasteiger partial charge in [0.1, 0.15) is 0 Å². The minimum atomic E-state index is 0.150. The van der Waals surface area contributed by atoms with E-state index in [1.165, 1.54) is 5.56 Å². The Kier molecular flexibility index (Phi) is 4.87. The van der Waals surface area contributed by atoms with Crippen LogP contribution in [-0.2, 0) is 4.79 Å². The van der Waals surface area contributed by atoms with Gasteiger partial charge in [0, 0.05) is 37.9 Å². The van der Waals surface area contributed by atoms with Crippen LogP contribution in [0.5, 0.6) is 0 Å². The van der Waals surface area contributed by atoms with Gasteiger partial charge in [0.25, 0.3) is 0 Å². The van der Waals surface area contributed by atoms with Gasteiger partial charge in [-0.05, 0) is 43.6 Å². The molecule has 1 unspecified atom stereocenters. The molecule has 19 heavy (non-hydrogen) atoms. The topological polar surface area (TPSA) is 71.2 Å². The molecule has 0 radical (unpaired) electrons. The Labute approximate surface area is 114 Å². The zero-order valence-electron chi connectivity index (χ0n) is 11.4. The van der Waals surface area contributed by atoms with Crippen LogP contribution in [0.15, 0.2) is 24.5 Å². The summed E-state index contributed by atoms with van der Waals surface area (Å²) in [6.45, 7) is 2.43. The van der Waals surface area contributed by atoms with Gasteiger partial charge in [-0.15, -0.1) is 0 Å². The predicted molar refractivity (Wildman–Crippen MR) is 74.4 cm³/mol. The smallest absolute Gasteiger partial charge is 0.222 e. The van der Waals surface area contributed by atoms with Crippen LogP contribution in [0.2, 0.25) is 0 Å². The number of carbonyl (C=O) groups excluding carboxylic acids is 1. The third-order valence-corrected chi connectivity index (χ3v) is 3.90. The summed E-state index contributed by atoms with van der Waals surface area (Å²) in [5.74, 6) is 0.310. The van der Waals surface area contributed by atoms with E-state index < -0.39 is 0 Å². The first-order valence-electron chi connectivity index (χ1n) is 6.82. The second-order valence-corrected chi connectivity index (χ2v) is 4.96. The predicted octanol–water partition coefficient (Wildman–Crippen LogP) is 0.539. The number of likely N-dealkylation sites (tertiary alicyclic amines) is 1. The van der Waals surface area contributed by atoms with Gasteiger partial charge in [0.2, 0.25) is 5.91 Å². The van der Waals surface area contributed by atoms with E-state index in [1.54, 1.807) is 19.4 Å². The lowest BCUT2D eigenvalue weighted by Crippen LogP contribution is -2.43. The molecule has 3 N–H and O–H groups in total. The van der Waals surface area contributed by atoms with Crippen LogP contribution in [0, 0.1) is 5.92 Å². The van der Waals surface area contributed by atoms with Gasteiger partial charge in [-0.1, -0.05) is 0 Å². The van der Waals surface area contributed by atoms with Gasteiger partial charge in [0.05, 0.1) is 0 Å². The number of nitrogens with one attached hydrogen (secondary N) is 1. The average molecular weight is 262 g/mol. The molecule has 1 aromatic rings. The summed E-state index contributed by atoms with van der Waals surface area (Å²) in [6, 6.07) is 4.26. The van der Waals surface area contributed by atoms with Crippen LogP contribution in [0.1, 0.15) is 24.4 Å². The quantitative estimate of drug-likeness (QED) is 0.831. The Balaban J connectivity index is 1.98. The number of rotatable bonds is 4. The van der Waals surface area contributed by atoms with E-state index in [9.17, 15) is 4.79 Å². The monoisotopic (exact) mass is 262 g/mol. The Morgan fingerprint density at radius 2 is 2.11 bits per heavy atom. The largest absolute Gasteiger partial charge is 0.359 e. The number of pyridine rings is 1. The average Bonchev–Trinajstić information content (AvgIpc) is 2.49. The minimum Gasteiger partial charge on any atom is -0.359 e. The van der Waals surface area contributed by atoms with Crippen LogP contribution in [0.25, 0.3) is 0 Å². The van der Waals surface area contributed by atoms with Crippen molar-refractivity contribution in [1.82, 2.24) is 15.2 Å². The van der Waals surface area contributed by atoms with Crippen LogP contribution in [0.3, 0.4) is 0 Å². The van der Waals surface area contributed by atoms with Crippen LogP contribution < -0.4 is 11.1 Å². The number of piperidine rings is 1. The minimum absolute atomic E-state index is 0.150. The molecular weight excluding hydrogens is 240 g/mol. The highest BCUT2D eigenvalue weighted by molar-refractivity contribution is 5.78. The Morgan fingerprint density at radius 3 is 2.63 bits per heavy atom. The number of carbonyl (C=O) groups is 1. The first kappa shape index (κ1) is 14.0. The molecule has 0 bridgehead atoms. The normalized spacial score (nSPS) is 19.1. The molecule has 0 saturated carbocycles. The zero-order valence-corrected chi connectivity index (χ0v) is 11.4. The maximum absolute atomic E-state index is 11.6. The first-order chi connectivity index (χ1) is 9.26. The fourth-order valence-corrected chi connectivity index (χ4v) is 2.76. The third-order valence-electron chi connectivity index (χ3n) is 3.90. The number of amides is 1. The lowest BCUT2D eigenvalue weighted by Gasteiger charge is -2.36. The van der Waals surface area contributed by atoms with E-state index in [0.29, 0.717) is 6.54 Å². The molecule has 104 valence electrons. The third kappa shape index (κ3) is 3.30. The molecule has 1 aliphatic rings. The van der Waals surface area contributed by atoms with Crippen LogP contribution >= 0.6 is 0 Å². The Bertz CT molecular complexity index is 401. The fraction of sp³-hybridized carbons (Fsp3) is 0.571. The second kappa shape index (κ2) is 6.63. The molecule has 1 saturated heterocycles. The van der Waals surface area contributed by atoms with Crippen LogP contribution in [0.4, 0.5) is 0 Å². The summed E-state index contributed by atoms with van der Waals surface area (Å²) in [4.78, 5) is 18.0. The molecule has 5 nitrogen and oxygen atoms in total. The van der Waals surface area contributed by atoms with Gasteiger partial charge in [-0.25, -0.2) is 0 Å². The summed E-state index contributed by atoms with van der Waals surface area (Å²) in [5.41, 5.74) is 7.12. The van der Waals surface area contributed by atoms with Gasteiger partial charge in [-0.2, -0.15) is 0 Å². The van der Waals surface area contributed by atoms with E-state index in [4.69, 9.17) is 5.73 Å². The van der Waals surface area contributed by atoms with Crippen molar-refractivity contribution in [1.29, 1.82) is 0 Å². The molecule has 1 fully saturated rings. The summed E-state index contributed by atoms with van der Waals surface area (Å²) in [7, 11) is 1.70. The molecule has 0 spiro atoms. The maximum atomic E-state index is 11.6. The van der Waals surface area contributed by atoms with Gasteiger partial charge < -0.3 is 11.1 Å². The van der Waals surface area contributed by atoms with Crippen molar-refractivity contribution in [3.63, 3.8) is 0 Å². The maximum Gasteiger partial charge on any atom is 0.222 e. The summed E-state index contributed by atoms with van der Waals surface area (Å²) in [5, 5.41) is 2.73. The number of nitrogens with zero attached hydrogens (tertiary/aromatic N) is 2. The SMILES string of the molecule is CNC(=O)C1CCN(C(CN)c2ccncc2)CC1. The van der Waals surface area contributed by atoms with E-state index in [0.717, 1.165) is 25.9 Å². The highest BCUT2D eigenvalue weighted by atomic mass is 16.1. The van der Waals surface area contributed by atoms with Gasteiger partial charge in [-0.3, -0.25) is 14.7 Å². The van der Waals surface area contributed by atoms with Crippen LogP contribution in [-0.4, -0.2) is 42.5 Å². The summed E-state index contributed by atoms with van der Waals surface area (Å²) in [6.07, 6.45) is 5.41. The molecule has 5 heteroatoms. The zero-order chi connectivity index (χ0) is 13.7. The fourth-order valence-electron chi connectivity index (χ4n) is 2.76. The molecule has 2 rings (SSSR count). The summed E-state index contributed by atoms with van der Waals surface area (Å²) < 4.78 is 0. The van der Waals surface area contributed by atoms with E-state index in [1.807, 2.05) is 12.1 Å². The second-order valence-electron chi connectivity index (χ2n) is 4.96. The van der Waals surface area contributed by atoms with Crippen molar-refractivity contribution in [3.8, 4) is 0 Å². The van der Waals surface area contributed by atoms with E-state index >= 15 is 0 Å². The molecule has 2 heterocycles. The van der Waals surface area contributed by atoms with Gasteiger partial charge >= 0.3 is 0 Å². The Hall–Kier alpha value is -1.46. The van der Waals surface area contributed by atoms with Crippen molar-refractivity contribution < 1.29 is 4.79 Å². The van der Waals surface area contributed by atoms with E-state index in [-0.39, 0.29) is 17.9 Å². The number of nitrogens with two attached hydrogens (primary N) is 1. The van der Waals surface area contributed by atoms with Crippen molar-refractivity contribution in [3.05, 3.63) is 30.1 Å². The lowest BCUT2D eigenvalue weighted by molar-refractivity contribution is -0.126. The lowest BCUT2D eigenvalue weighted by atomic mass is 9.93. The number of hydrogen-bond donors (Lipinski definition) is 2. The number of aromatic nitrogens is 1. The molecule has 0 aliphatic carbocycles. The molecule has 1 aromatic heterocycles. The molecule has 1 atom stereocenters. The van der Waals surface area contributed by atoms with Crippen molar-refractivity contribution in [2.45, 2.75) is 18.9 Å². The molecule has 1 aliphatic heterocycles. The molecular formula is C14H22N4O. The molecule has 0 aromatic carbocycles. The van der Waals surface area contributed by atoms with E-state index in [2.05, 4.69) is 15.2 Å². The molecule has 1 amide bonds. The standard InChI is InChI=1S/C14H22N4O/c1-16-14(19)12-4-8-18(9-5-12)13(10-15)11-2-6-17-7-3-11/h2-3,6-7,12-13H,4-5,8-10,15H2,1H3,(H,16,19). The first-order valence-corrected chi connectivity index (χ1v) is 6.82.